The summed E-state index contributed by atoms with van der Waals surface area (Å²) < 4.78 is 10.8. The number of ether oxygens (including phenoxy) is 2. The summed E-state index contributed by atoms with van der Waals surface area (Å²) in [4.78, 5) is 23.7. The molecule has 0 aliphatic heterocycles. The van der Waals surface area contributed by atoms with Crippen molar-refractivity contribution in [1.29, 1.82) is 0 Å². The predicted molar refractivity (Wildman–Crippen MR) is 113 cm³/mol. The molecule has 0 aliphatic carbocycles. The molecule has 2 aromatic rings. The smallest absolute Gasteiger partial charge is 0.343 e. The maximum atomic E-state index is 13.0. The largest absolute Gasteiger partial charge is 0.507 e. The highest BCUT2D eigenvalue weighted by Crippen LogP contribution is 2.37. The summed E-state index contributed by atoms with van der Waals surface area (Å²) in [7, 11) is 0. The Labute approximate surface area is 172 Å². The second-order valence-electron chi connectivity index (χ2n) is 8.23. The third kappa shape index (κ3) is 4.97. The predicted octanol–water partition coefficient (Wildman–Crippen LogP) is 5.83. The monoisotopic (exact) mass is 398 g/mol. The molecule has 0 radical (unpaired) electrons. The average Bonchev–Trinajstić information content (AvgIpc) is 2.63. The molecule has 5 nitrogen and oxygen atoms in total. The van der Waals surface area contributed by atoms with Gasteiger partial charge in [-0.3, -0.25) is 4.79 Å². The molecular weight excluding hydrogens is 368 g/mol. The molecule has 1 N–H and O–H groups in total. The zero-order valence-electron chi connectivity index (χ0n) is 18.2. The fourth-order valence-electron chi connectivity index (χ4n) is 3.29. The van der Waals surface area contributed by atoms with E-state index in [1.807, 2.05) is 48.5 Å². The fraction of sp³-hybridized carbons (Fsp3) is 0.417. The average molecular weight is 398 g/mol. The number of hydrogen-bond donors (Lipinski definition) is 1. The lowest BCUT2D eigenvalue weighted by molar-refractivity contribution is -0.120. The maximum Gasteiger partial charge on any atom is 0.343 e. The molecule has 0 spiro atoms. The molecule has 2 rings (SSSR count). The number of esters is 1. The van der Waals surface area contributed by atoms with Gasteiger partial charge in [-0.2, -0.15) is 0 Å². The van der Waals surface area contributed by atoms with Gasteiger partial charge in [-0.15, -0.1) is 0 Å². The minimum absolute atomic E-state index is 0.0592. The van der Waals surface area contributed by atoms with E-state index in [2.05, 4.69) is 0 Å². The lowest BCUT2D eigenvalue weighted by Crippen LogP contribution is -2.13. The molecule has 0 fully saturated rings. The molecule has 29 heavy (non-hydrogen) atoms. The Bertz CT molecular complexity index is 881. The van der Waals surface area contributed by atoms with Crippen molar-refractivity contribution in [2.24, 2.45) is 0 Å². The Hall–Kier alpha value is -2.82. The summed E-state index contributed by atoms with van der Waals surface area (Å²) in [5, 5.41) is 10.6. The summed E-state index contributed by atoms with van der Waals surface area (Å²) in [6.07, 6.45) is 0. The third-order valence-electron chi connectivity index (χ3n) is 4.93. The number of phenolic OH excluding ortho intramolecular Hbond substituents is 1. The lowest BCUT2D eigenvalue weighted by atomic mass is 9.91. The van der Waals surface area contributed by atoms with Gasteiger partial charge in [-0.05, 0) is 65.6 Å². The topological polar surface area (TPSA) is 72.8 Å². The standard InChI is InChI=1S/C24H30O5/c1-13(2)19-9-17(10-20(14(3)4)22(19)26)24(27)29-23-16(7)8-18(28-12-25)11-21(23)15(5)6/h8-15,26H,1-7H3. The SMILES string of the molecule is Cc1cc(OC=O)cc(C(C)C)c1OC(=O)c1cc(C(C)C)c(O)c(C(C)C)c1. The fourth-order valence-corrected chi connectivity index (χ4v) is 3.29. The van der Waals surface area contributed by atoms with Gasteiger partial charge in [0.1, 0.15) is 17.2 Å². The van der Waals surface area contributed by atoms with Crippen molar-refractivity contribution in [3.8, 4) is 17.2 Å². The molecule has 0 amide bonds. The molecular formula is C24H30O5. The molecule has 0 unspecified atom stereocenters. The molecule has 0 saturated carbocycles. The zero-order valence-corrected chi connectivity index (χ0v) is 18.2. The minimum Gasteiger partial charge on any atom is -0.507 e. The van der Waals surface area contributed by atoms with Crippen LogP contribution in [-0.4, -0.2) is 17.5 Å². The van der Waals surface area contributed by atoms with Crippen molar-refractivity contribution in [3.05, 3.63) is 52.1 Å². The molecule has 0 saturated heterocycles. The zero-order chi connectivity index (χ0) is 21.9. The maximum absolute atomic E-state index is 13.0. The van der Waals surface area contributed by atoms with Crippen molar-refractivity contribution in [1.82, 2.24) is 0 Å². The number of aromatic hydroxyl groups is 1. The van der Waals surface area contributed by atoms with Crippen LogP contribution in [-0.2, 0) is 4.79 Å². The summed E-state index contributed by atoms with van der Waals surface area (Å²) in [6.45, 7) is 14.0. The van der Waals surface area contributed by atoms with Crippen molar-refractivity contribution < 1.29 is 24.2 Å². The van der Waals surface area contributed by atoms with Gasteiger partial charge in [-0.25, -0.2) is 4.79 Å². The number of carbonyl (C=O) groups excluding carboxylic acids is 2. The molecule has 0 atom stereocenters. The van der Waals surface area contributed by atoms with E-state index >= 15 is 0 Å². The van der Waals surface area contributed by atoms with E-state index in [0.717, 1.165) is 16.7 Å². The van der Waals surface area contributed by atoms with E-state index in [1.165, 1.54) is 0 Å². The van der Waals surface area contributed by atoms with Crippen LogP contribution in [0, 0.1) is 6.92 Å². The van der Waals surface area contributed by atoms with Crippen LogP contribution in [0.25, 0.3) is 0 Å². The van der Waals surface area contributed by atoms with E-state index in [0.29, 0.717) is 29.1 Å². The second kappa shape index (κ2) is 9.12. The highest BCUT2D eigenvalue weighted by atomic mass is 16.5. The van der Waals surface area contributed by atoms with Crippen LogP contribution in [0.2, 0.25) is 0 Å². The first kappa shape index (κ1) is 22.5. The highest BCUT2D eigenvalue weighted by molar-refractivity contribution is 5.92. The number of hydrogen-bond acceptors (Lipinski definition) is 5. The molecule has 5 heteroatoms. The van der Waals surface area contributed by atoms with Crippen LogP contribution in [0.4, 0.5) is 0 Å². The van der Waals surface area contributed by atoms with E-state index in [-0.39, 0.29) is 23.5 Å². The van der Waals surface area contributed by atoms with E-state index in [9.17, 15) is 14.7 Å². The van der Waals surface area contributed by atoms with Crippen LogP contribution in [0.1, 0.15) is 91.9 Å². The number of aryl methyl sites for hydroxylation is 1. The molecule has 0 aliphatic rings. The van der Waals surface area contributed by atoms with E-state index < -0.39 is 5.97 Å². The van der Waals surface area contributed by atoms with Crippen molar-refractivity contribution >= 4 is 12.4 Å². The van der Waals surface area contributed by atoms with Crippen LogP contribution in [0.5, 0.6) is 17.2 Å². The van der Waals surface area contributed by atoms with Gasteiger partial charge < -0.3 is 14.6 Å². The molecule has 0 aromatic heterocycles. The Kier molecular flexibility index (Phi) is 7.07. The van der Waals surface area contributed by atoms with Gasteiger partial charge in [0, 0.05) is 5.56 Å². The van der Waals surface area contributed by atoms with Gasteiger partial charge in [-0.1, -0.05) is 41.5 Å². The molecule has 0 bridgehead atoms. The van der Waals surface area contributed by atoms with Gasteiger partial charge in [0.05, 0.1) is 5.56 Å². The van der Waals surface area contributed by atoms with Crippen molar-refractivity contribution in [3.63, 3.8) is 0 Å². The van der Waals surface area contributed by atoms with Crippen LogP contribution in [0.15, 0.2) is 24.3 Å². The van der Waals surface area contributed by atoms with Gasteiger partial charge >= 0.3 is 5.97 Å². The van der Waals surface area contributed by atoms with E-state index in [4.69, 9.17) is 9.47 Å². The number of benzene rings is 2. The Morgan fingerprint density at radius 2 is 1.41 bits per heavy atom. The molecule has 2 aromatic carbocycles. The number of carbonyl (C=O) groups is 2. The Balaban J connectivity index is 2.51. The highest BCUT2D eigenvalue weighted by Gasteiger charge is 2.22. The summed E-state index contributed by atoms with van der Waals surface area (Å²) in [5.74, 6) is 0.817. The summed E-state index contributed by atoms with van der Waals surface area (Å²) in [6, 6.07) is 6.77. The summed E-state index contributed by atoms with van der Waals surface area (Å²) >= 11 is 0. The van der Waals surface area contributed by atoms with Crippen LogP contribution < -0.4 is 9.47 Å². The molecule has 156 valence electrons. The quantitative estimate of drug-likeness (QED) is 0.361. The van der Waals surface area contributed by atoms with Gasteiger partial charge in [0.25, 0.3) is 6.47 Å². The molecule has 0 heterocycles. The first-order valence-electron chi connectivity index (χ1n) is 9.90. The van der Waals surface area contributed by atoms with Crippen molar-refractivity contribution in [2.75, 3.05) is 0 Å². The van der Waals surface area contributed by atoms with Crippen molar-refractivity contribution in [2.45, 2.75) is 66.2 Å². The summed E-state index contributed by atoms with van der Waals surface area (Å²) in [5.41, 5.74) is 3.32. The van der Waals surface area contributed by atoms with Crippen LogP contribution >= 0.6 is 0 Å². The van der Waals surface area contributed by atoms with Gasteiger partial charge in [0.15, 0.2) is 0 Å². The van der Waals surface area contributed by atoms with Gasteiger partial charge in [0.2, 0.25) is 0 Å². The number of rotatable bonds is 7. The number of phenols is 1. The lowest BCUT2D eigenvalue weighted by Gasteiger charge is -2.19. The third-order valence-corrected chi connectivity index (χ3v) is 4.93. The van der Waals surface area contributed by atoms with Crippen LogP contribution in [0.3, 0.4) is 0 Å². The normalized spacial score (nSPS) is 11.2. The second-order valence-corrected chi connectivity index (χ2v) is 8.23. The first-order valence-corrected chi connectivity index (χ1v) is 9.90. The Morgan fingerprint density at radius 1 is 0.897 bits per heavy atom. The Morgan fingerprint density at radius 3 is 1.86 bits per heavy atom. The van der Waals surface area contributed by atoms with E-state index in [1.54, 1.807) is 24.3 Å². The first-order chi connectivity index (χ1) is 13.6. The minimum atomic E-state index is -0.483.